The van der Waals surface area contributed by atoms with Crippen molar-refractivity contribution in [3.05, 3.63) is 53.1 Å². The molecule has 0 unspecified atom stereocenters. The maximum Gasteiger partial charge on any atom is 0.387 e. The molecule has 0 aromatic heterocycles. The van der Waals surface area contributed by atoms with Crippen LogP contribution in [0.15, 0.2) is 42.5 Å². The van der Waals surface area contributed by atoms with Crippen molar-refractivity contribution in [3.8, 4) is 11.5 Å². The van der Waals surface area contributed by atoms with Gasteiger partial charge in [-0.1, -0.05) is 29.8 Å². The lowest BCUT2D eigenvalue weighted by molar-refractivity contribution is -0.0493. The third-order valence-electron chi connectivity index (χ3n) is 3.52. The number of hydrogen-bond donors (Lipinski definition) is 1. The summed E-state index contributed by atoms with van der Waals surface area (Å²) in [6.45, 7) is -0.750. The van der Waals surface area contributed by atoms with Crippen LogP contribution in [-0.4, -0.2) is 37.7 Å². The standard InChI is InChI=1S/C18H19ClF2N2O3/c1-12-5-3-8-15(26-17(20)21)16(12)22-18(24)23(2)9-10-25-14-7-4-6-13(19)11-14/h3-8,11,17H,9-10H2,1-2H3,(H,22,24). The Kier molecular flexibility index (Phi) is 7.03. The van der Waals surface area contributed by atoms with Crippen molar-refractivity contribution < 1.29 is 23.0 Å². The van der Waals surface area contributed by atoms with Gasteiger partial charge in [0.2, 0.25) is 0 Å². The fourth-order valence-electron chi connectivity index (χ4n) is 2.16. The predicted molar refractivity (Wildman–Crippen MR) is 96.4 cm³/mol. The molecule has 0 aliphatic rings. The highest BCUT2D eigenvalue weighted by atomic mass is 35.5. The molecule has 2 aromatic rings. The first-order chi connectivity index (χ1) is 12.4. The fraction of sp³-hybridized carbons (Fsp3) is 0.278. The van der Waals surface area contributed by atoms with Gasteiger partial charge in [-0.3, -0.25) is 0 Å². The highest BCUT2D eigenvalue weighted by Gasteiger charge is 2.16. The Morgan fingerprint density at radius 2 is 2.00 bits per heavy atom. The molecule has 5 nitrogen and oxygen atoms in total. The summed E-state index contributed by atoms with van der Waals surface area (Å²) in [6, 6.07) is 11.1. The van der Waals surface area contributed by atoms with Crippen LogP contribution in [0.25, 0.3) is 0 Å². The Bertz CT molecular complexity index is 759. The molecule has 0 aliphatic carbocycles. The first kappa shape index (κ1) is 19.8. The summed E-state index contributed by atoms with van der Waals surface area (Å²) in [7, 11) is 1.57. The molecule has 0 aliphatic heterocycles. The lowest BCUT2D eigenvalue weighted by Gasteiger charge is -2.20. The zero-order valence-electron chi connectivity index (χ0n) is 14.3. The molecule has 2 aromatic carbocycles. The second kappa shape index (κ2) is 9.24. The van der Waals surface area contributed by atoms with E-state index in [1.807, 2.05) is 0 Å². The van der Waals surface area contributed by atoms with Gasteiger partial charge in [-0.05, 0) is 36.8 Å². The number of ether oxygens (including phenoxy) is 2. The smallest absolute Gasteiger partial charge is 0.387 e. The van der Waals surface area contributed by atoms with Crippen LogP contribution in [0.1, 0.15) is 5.56 Å². The molecule has 8 heteroatoms. The lowest BCUT2D eigenvalue weighted by Crippen LogP contribution is -2.34. The molecular formula is C18H19ClF2N2O3. The van der Waals surface area contributed by atoms with Gasteiger partial charge in [0.05, 0.1) is 12.2 Å². The number of nitrogens with one attached hydrogen (secondary N) is 1. The number of carbonyl (C=O) groups is 1. The number of rotatable bonds is 7. The minimum atomic E-state index is -2.98. The van der Waals surface area contributed by atoms with E-state index in [4.69, 9.17) is 16.3 Å². The van der Waals surface area contributed by atoms with E-state index in [1.54, 1.807) is 50.4 Å². The molecule has 26 heavy (non-hydrogen) atoms. The Balaban J connectivity index is 1.92. The molecule has 0 saturated carbocycles. The average Bonchev–Trinajstić information content (AvgIpc) is 2.57. The number of carbonyl (C=O) groups excluding carboxylic acids is 1. The van der Waals surface area contributed by atoms with Crippen LogP contribution in [-0.2, 0) is 0 Å². The largest absolute Gasteiger partial charge is 0.492 e. The topological polar surface area (TPSA) is 50.8 Å². The van der Waals surface area contributed by atoms with E-state index >= 15 is 0 Å². The second-order valence-corrected chi connectivity index (χ2v) is 5.92. The Hall–Kier alpha value is -2.54. The normalized spacial score (nSPS) is 10.5. The molecular weight excluding hydrogens is 366 g/mol. The van der Waals surface area contributed by atoms with Gasteiger partial charge in [0.1, 0.15) is 18.1 Å². The van der Waals surface area contributed by atoms with Gasteiger partial charge < -0.3 is 19.7 Å². The van der Waals surface area contributed by atoms with E-state index in [0.717, 1.165) is 0 Å². The number of benzene rings is 2. The van der Waals surface area contributed by atoms with Gasteiger partial charge >= 0.3 is 12.6 Å². The van der Waals surface area contributed by atoms with Gasteiger partial charge in [-0.2, -0.15) is 8.78 Å². The number of para-hydroxylation sites is 1. The van der Waals surface area contributed by atoms with Gasteiger partial charge in [0.25, 0.3) is 0 Å². The molecule has 2 rings (SSSR count). The summed E-state index contributed by atoms with van der Waals surface area (Å²) in [5.41, 5.74) is 0.820. The number of urea groups is 1. The van der Waals surface area contributed by atoms with Crippen molar-refractivity contribution >= 4 is 23.3 Å². The van der Waals surface area contributed by atoms with Crippen LogP contribution < -0.4 is 14.8 Å². The Morgan fingerprint density at radius 3 is 2.69 bits per heavy atom. The van der Waals surface area contributed by atoms with Crippen LogP contribution in [0.3, 0.4) is 0 Å². The fourth-order valence-corrected chi connectivity index (χ4v) is 2.34. The first-order valence-electron chi connectivity index (χ1n) is 7.81. The van der Waals surface area contributed by atoms with Crippen molar-refractivity contribution in [2.75, 3.05) is 25.5 Å². The van der Waals surface area contributed by atoms with E-state index in [9.17, 15) is 13.6 Å². The number of hydrogen-bond acceptors (Lipinski definition) is 3. The monoisotopic (exact) mass is 384 g/mol. The van der Waals surface area contributed by atoms with Crippen molar-refractivity contribution in [2.24, 2.45) is 0 Å². The van der Waals surface area contributed by atoms with Crippen LogP contribution >= 0.6 is 11.6 Å². The number of alkyl halides is 2. The minimum absolute atomic E-state index is 0.0862. The van der Waals surface area contributed by atoms with Gasteiger partial charge in [-0.25, -0.2) is 4.79 Å². The zero-order valence-corrected chi connectivity index (χ0v) is 15.1. The van der Waals surface area contributed by atoms with E-state index in [1.165, 1.54) is 11.0 Å². The third kappa shape index (κ3) is 5.77. The molecule has 0 atom stereocenters. The van der Waals surface area contributed by atoms with Crippen LogP contribution in [0.4, 0.5) is 19.3 Å². The molecule has 0 heterocycles. The number of nitrogens with zero attached hydrogens (tertiary/aromatic N) is 1. The van der Waals surface area contributed by atoms with Crippen LogP contribution in [0.2, 0.25) is 5.02 Å². The van der Waals surface area contributed by atoms with Crippen molar-refractivity contribution in [1.29, 1.82) is 0 Å². The van der Waals surface area contributed by atoms with Gasteiger partial charge in [0, 0.05) is 12.1 Å². The Morgan fingerprint density at radius 1 is 1.27 bits per heavy atom. The summed E-state index contributed by atoms with van der Waals surface area (Å²) in [5, 5.41) is 3.15. The average molecular weight is 385 g/mol. The van der Waals surface area contributed by atoms with Crippen LogP contribution in [0.5, 0.6) is 11.5 Å². The summed E-state index contributed by atoms with van der Waals surface area (Å²) in [5.74, 6) is 0.509. The van der Waals surface area contributed by atoms with E-state index < -0.39 is 12.6 Å². The molecule has 1 N–H and O–H groups in total. The van der Waals surface area contributed by atoms with Gasteiger partial charge in [0.15, 0.2) is 0 Å². The molecule has 0 saturated heterocycles. The highest BCUT2D eigenvalue weighted by molar-refractivity contribution is 6.30. The number of aryl methyl sites for hydroxylation is 1. The number of amides is 2. The van der Waals surface area contributed by atoms with Gasteiger partial charge in [-0.15, -0.1) is 0 Å². The maximum atomic E-state index is 12.5. The number of likely N-dealkylation sites (N-methyl/N-ethyl adjacent to an activating group) is 1. The van der Waals surface area contributed by atoms with Crippen molar-refractivity contribution in [3.63, 3.8) is 0 Å². The number of anilines is 1. The Labute approximate surface area is 155 Å². The third-order valence-corrected chi connectivity index (χ3v) is 3.76. The summed E-state index contributed by atoms with van der Waals surface area (Å²) in [6.07, 6.45) is 0. The molecule has 0 spiro atoms. The molecule has 2 amide bonds. The second-order valence-electron chi connectivity index (χ2n) is 5.48. The van der Waals surface area contributed by atoms with Crippen LogP contribution in [0, 0.1) is 6.92 Å². The SMILES string of the molecule is Cc1cccc(OC(F)F)c1NC(=O)N(C)CCOc1cccc(Cl)c1. The lowest BCUT2D eigenvalue weighted by atomic mass is 10.2. The maximum absolute atomic E-state index is 12.5. The van der Waals surface area contributed by atoms with E-state index in [2.05, 4.69) is 10.1 Å². The predicted octanol–water partition coefficient (Wildman–Crippen LogP) is 4.79. The van der Waals surface area contributed by atoms with E-state index in [-0.39, 0.29) is 24.6 Å². The highest BCUT2D eigenvalue weighted by Crippen LogP contribution is 2.29. The number of halogens is 3. The van der Waals surface area contributed by atoms with Crippen molar-refractivity contribution in [1.82, 2.24) is 4.90 Å². The van der Waals surface area contributed by atoms with Crippen molar-refractivity contribution in [2.45, 2.75) is 13.5 Å². The summed E-state index contributed by atoms with van der Waals surface area (Å²) >= 11 is 5.87. The molecule has 0 bridgehead atoms. The molecule has 0 fully saturated rings. The summed E-state index contributed by atoms with van der Waals surface area (Å²) in [4.78, 5) is 13.7. The minimum Gasteiger partial charge on any atom is -0.492 e. The first-order valence-corrected chi connectivity index (χ1v) is 8.19. The molecule has 140 valence electrons. The zero-order chi connectivity index (χ0) is 19.1. The summed E-state index contributed by atoms with van der Waals surface area (Å²) < 4.78 is 35.0. The van der Waals surface area contributed by atoms with E-state index in [0.29, 0.717) is 16.3 Å². The quantitative estimate of drug-likeness (QED) is 0.746. The molecule has 0 radical (unpaired) electrons.